The van der Waals surface area contributed by atoms with Gasteiger partial charge >= 0.3 is 0 Å². The van der Waals surface area contributed by atoms with Crippen LogP contribution in [0.15, 0.2) is 22.7 Å². The second-order valence-corrected chi connectivity index (χ2v) is 6.30. The number of halogens is 2. The summed E-state index contributed by atoms with van der Waals surface area (Å²) >= 11 is 3.09. The van der Waals surface area contributed by atoms with Crippen LogP contribution in [-0.2, 0) is 0 Å². The van der Waals surface area contributed by atoms with Crippen molar-refractivity contribution in [3.8, 4) is 0 Å². The normalized spacial score (nSPS) is 17.8. The average Bonchev–Trinajstić information content (AvgIpc) is 2.48. The van der Waals surface area contributed by atoms with Gasteiger partial charge in [0.1, 0.15) is 5.82 Å². The van der Waals surface area contributed by atoms with Crippen LogP contribution >= 0.6 is 15.9 Å². The number of hydrogen-bond acceptors (Lipinski definition) is 2. The van der Waals surface area contributed by atoms with E-state index in [9.17, 15) is 14.3 Å². The van der Waals surface area contributed by atoms with E-state index in [4.69, 9.17) is 0 Å². The van der Waals surface area contributed by atoms with Gasteiger partial charge in [-0.3, -0.25) is 4.79 Å². The Labute approximate surface area is 126 Å². The van der Waals surface area contributed by atoms with Crippen LogP contribution in [0, 0.1) is 11.2 Å². The summed E-state index contributed by atoms with van der Waals surface area (Å²) in [6, 6.07) is 4.39. The van der Waals surface area contributed by atoms with E-state index in [0.717, 1.165) is 25.7 Å². The van der Waals surface area contributed by atoms with Crippen molar-refractivity contribution in [2.24, 2.45) is 5.41 Å². The molecule has 2 N–H and O–H groups in total. The second-order valence-electron chi connectivity index (χ2n) is 5.50. The standard InChI is InChI=1S/C15H19BrFNO2/c16-13-11(5-4-6-12(13)17)14(20)18-9-15(10-19)7-2-1-3-8-15/h4-6,19H,1-3,7-10H2,(H,18,20). The first-order valence-corrected chi connectivity index (χ1v) is 7.70. The molecule has 0 aliphatic heterocycles. The Morgan fingerprint density at radius 1 is 1.35 bits per heavy atom. The van der Waals surface area contributed by atoms with E-state index in [1.807, 2.05) is 0 Å². The monoisotopic (exact) mass is 343 g/mol. The Balaban J connectivity index is 2.02. The number of benzene rings is 1. The molecule has 0 unspecified atom stereocenters. The minimum atomic E-state index is -0.452. The lowest BCUT2D eigenvalue weighted by Crippen LogP contribution is -2.41. The highest BCUT2D eigenvalue weighted by Gasteiger charge is 2.32. The highest BCUT2D eigenvalue weighted by Crippen LogP contribution is 2.35. The molecule has 5 heteroatoms. The van der Waals surface area contributed by atoms with Crippen molar-refractivity contribution in [2.75, 3.05) is 13.2 Å². The summed E-state index contributed by atoms with van der Waals surface area (Å²) in [6.07, 6.45) is 5.20. The topological polar surface area (TPSA) is 49.3 Å². The van der Waals surface area contributed by atoms with Crippen molar-refractivity contribution >= 4 is 21.8 Å². The van der Waals surface area contributed by atoms with Crippen LogP contribution in [0.1, 0.15) is 42.5 Å². The summed E-state index contributed by atoms with van der Waals surface area (Å²) in [5.74, 6) is -0.762. The summed E-state index contributed by atoms with van der Waals surface area (Å²) in [7, 11) is 0. The van der Waals surface area contributed by atoms with Crippen LogP contribution in [0.3, 0.4) is 0 Å². The summed E-state index contributed by atoms with van der Waals surface area (Å²) < 4.78 is 13.6. The van der Waals surface area contributed by atoms with Crippen LogP contribution in [0.2, 0.25) is 0 Å². The molecule has 110 valence electrons. The average molecular weight is 344 g/mol. The van der Waals surface area contributed by atoms with Gasteiger partial charge in [0.2, 0.25) is 0 Å². The fourth-order valence-electron chi connectivity index (χ4n) is 2.73. The molecule has 1 aliphatic carbocycles. The molecule has 2 rings (SSSR count). The molecular formula is C15H19BrFNO2. The third-order valence-electron chi connectivity index (χ3n) is 4.07. The second kappa shape index (κ2) is 6.68. The van der Waals surface area contributed by atoms with Crippen molar-refractivity contribution < 1.29 is 14.3 Å². The van der Waals surface area contributed by atoms with Gasteiger partial charge in [-0.25, -0.2) is 4.39 Å². The molecule has 3 nitrogen and oxygen atoms in total. The van der Waals surface area contributed by atoms with Gasteiger partial charge in [-0.15, -0.1) is 0 Å². The molecule has 1 amide bonds. The maximum absolute atomic E-state index is 13.4. The lowest BCUT2D eigenvalue weighted by atomic mass is 9.74. The first-order valence-electron chi connectivity index (χ1n) is 6.91. The number of carbonyl (C=O) groups is 1. The summed E-state index contributed by atoms with van der Waals surface area (Å²) in [6.45, 7) is 0.517. The molecule has 0 spiro atoms. The molecule has 1 aliphatic rings. The van der Waals surface area contributed by atoms with Crippen LogP contribution in [0.25, 0.3) is 0 Å². The van der Waals surface area contributed by atoms with Gasteiger partial charge in [0.15, 0.2) is 0 Å². The molecule has 1 aromatic carbocycles. The van der Waals surface area contributed by atoms with E-state index >= 15 is 0 Å². The number of carbonyl (C=O) groups excluding carboxylic acids is 1. The van der Waals surface area contributed by atoms with Crippen molar-refractivity contribution in [3.05, 3.63) is 34.1 Å². The maximum Gasteiger partial charge on any atom is 0.252 e. The highest BCUT2D eigenvalue weighted by molar-refractivity contribution is 9.10. The molecule has 0 bridgehead atoms. The van der Waals surface area contributed by atoms with Crippen molar-refractivity contribution in [2.45, 2.75) is 32.1 Å². The van der Waals surface area contributed by atoms with E-state index < -0.39 is 5.82 Å². The first kappa shape index (κ1) is 15.4. The molecule has 1 fully saturated rings. The fourth-order valence-corrected chi connectivity index (χ4v) is 3.18. The first-order chi connectivity index (χ1) is 9.58. The van der Waals surface area contributed by atoms with Crippen LogP contribution in [0.5, 0.6) is 0 Å². The van der Waals surface area contributed by atoms with E-state index in [1.54, 1.807) is 6.07 Å². The van der Waals surface area contributed by atoms with Gasteiger partial charge in [0.05, 0.1) is 16.6 Å². The van der Waals surface area contributed by atoms with Gasteiger partial charge in [0, 0.05) is 12.0 Å². The molecular weight excluding hydrogens is 325 g/mol. The molecule has 0 aromatic heterocycles. The van der Waals surface area contributed by atoms with E-state index in [2.05, 4.69) is 21.2 Å². The number of amides is 1. The Morgan fingerprint density at radius 3 is 2.70 bits per heavy atom. The zero-order chi connectivity index (χ0) is 14.6. The Morgan fingerprint density at radius 2 is 2.05 bits per heavy atom. The fraction of sp³-hybridized carbons (Fsp3) is 0.533. The van der Waals surface area contributed by atoms with Gasteiger partial charge in [0.25, 0.3) is 5.91 Å². The van der Waals surface area contributed by atoms with Crippen LogP contribution in [-0.4, -0.2) is 24.2 Å². The zero-order valence-electron chi connectivity index (χ0n) is 11.3. The largest absolute Gasteiger partial charge is 0.396 e. The summed E-state index contributed by atoms with van der Waals surface area (Å²) in [5, 5.41) is 12.4. The number of aliphatic hydroxyl groups excluding tert-OH is 1. The summed E-state index contributed by atoms with van der Waals surface area (Å²) in [4.78, 5) is 12.1. The predicted octanol–water partition coefficient (Wildman–Crippen LogP) is 3.26. The lowest BCUT2D eigenvalue weighted by molar-refractivity contribution is 0.0717. The molecule has 0 heterocycles. The Bertz CT molecular complexity index is 487. The molecule has 20 heavy (non-hydrogen) atoms. The van der Waals surface area contributed by atoms with Crippen LogP contribution in [0.4, 0.5) is 4.39 Å². The molecule has 1 aromatic rings. The number of aliphatic hydroxyl groups is 1. The smallest absolute Gasteiger partial charge is 0.252 e. The SMILES string of the molecule is O=C(NCC1(CO)CCCCC1)c1cccc(F)c1Br. The predicted molar refractivity (Wildman–Crippen MR) is 79.0 cm³/mol. The van der Waals surface area contributed by atoms with Crippen molar-refractivity contribution in [1.29, 1.82) is 0 Å². The minimum absolute atomic E-state index is 0.0810. The Kier molecular flexibility index (Phi) is 5.16. The third-order valence-corrected chi connectivity index (χ3v) is 4.88. The highest BCUT2D eigenvalue weighted by atomic mass is 79.9. The van der Waals surface area contributed by atoms with Gasteiger partial charge in [-0.05, 0) is 40.9 Å². The molecule has 1 saturated carbocycles. The quantitative estimate of drug-likeness (QED) is 0.881. The molecule has 0 radical (unpaired) electrons. The number of rotatable bonds is 4. The minimum Gasteiger partial charge on any atom is -0.396 e. The number of nitrogens with one attached hydrogen (secondary N) is 1. The van der Waals surface area contributed by atoms with Gasteiger partial charge < -0.3 is 10.4 Å². The molecule has 0 atom stereocenters. The lowest BCUT2D eigenvalue weighted by Gasteiger charge is -2.35. The van der Waals surface area contributed by atoms with Crippen molar-refractivity contribution in [3.63, 3.8) is 0 Å². The summed E-state index contributed by atoms with van der Waals surface area (Å²) in [5.41, 5.74) is 0.0714. The van der Waals surface area contributed by atoms with Crippen molar-refractivity contribution in [1.82, 2.24) is 5.32 Å². The molecule has 0 saturated heterocycles. The van der Waals surface area contributed by atoms with E-state index in [0.29, 0.717) is 6.54 Å². The van der Waals surface area contributed by atoms with E-state index in [-0.39, 0.29) is 28.0 Å². The zero-order valence-corrected chi connectivity index (χ0v) is 12.9. The van der Waals surface area contributed by atoms with Crippen LogP contribution < -0.4 is 5.32 Å². The Hall–Kier alpha value is -0.940. The maximum atomic E-state index is 13.4. The van der Waals surface area contributed by atoms with Gasteiger partial charge in [-0.2, -0.15) is 0 Å². The van der Waals surface area contributed by atoms with E-state index in [1.165, 1.54) is 18.6 Å². The third kappa shape index (κ3) is 3.38. The number of hydrogen-bond donors (Lipinski definition) is 2. The van der Waals surface area contributed by atoms with Gasteiger partial charge in [-0.1, -0.05) is 25.3 Å².